The van der Waals surface area contributed by atoms with E-state index in [1.165, 1.54) is 0 Å². The molecule has 0 saturated heterocycles. The SMILES string of the molecule is CCn1cc(C(O)(CC)c2ccccc2)cn1. The van der Waals surface area contributed by atoms with Crippen molar-refractivity contribution in [1.82, 2.24) is 9.78 Å². The van der Waals surface area contributed by atoms with Crippen LogP contribution in [0.15, 0.2) is 42.7 Å². The predicted octanol–water partition coefficient (Wildman–Crippen LogP) is 2.55. The van der Waals surface area contributed by atoms with Crippen LogP contribution in [0.1, 0.15) is 31.4 Å². The minimum absolute atomic E-state index is 0.631. The molecular weight excluding hydrogens is 212 g/mol. The van der Waals surface area contributed by atoms with E-state index in [1.807, 2.05) is 55.1 Å². The molecule has 0 saturated carbocycles. The molecule has 0 fully saturated rings. The topological polar surface area (TPSA) is 38.0 Å². The fourth-order valence-corrected chi connectivity index (χ4v) is 2.04. The molecule has 2 rings (SSSR count). The van der Waals surface area contributed by atoms with Crippen LogP contribution in [0.4, 0.5) is 0 Å². The van der Waals surface area contributed by atoms with Gasteiger partial charge in [0.25, 0.3) is 0 Å². The van der Waals surface area contributed by atoms with Crippen molar-refractivity contribution in [2.45, 2.75) is 32.4 Å². The van der Waals surface area contributed by atoms with Crippen LogP contribution in [-0.2, 0) is 12.1 Å². The molecule has 0 aliphatic rings. The summed E-state index contributed by atoms with van der Waals surface area (Å²) < 4.78 is 1.83. The zero-order chi connectivity index (χ0) is 12.3. The average Bonchev–Trinajstić information content (AvgIpc) is 2.88. The Bertz CT molecular complexity index is 478. The van der Waals surface area contributed by atoms with Crippen LogP contribution in [0.25, 0.3) is 0 Å². The van der Waals surface area contributed by atoms with Gasteiger partial charge in [0.15, 0.2) is 0 Å². The largest absolute Gasteiger partial charge is 0.380 e. The Balaban J connectivity index is 2.44. The second kappa shape index (κ2) is 4.72. The van der Waals surface area contributed by atoms with Crippen LogP contribution in [0.5, 0.6) is 0 Å². The summed E-state index contributed by atoms with van der Waals surface area (Å²) in [6.07, 6.45) is 4.29. The van der Waals surface area contributed by atoms with Gasteiger partial charge in [0.05, 0.1) is 6.20 Å². The number of aliphatic hydroxyl groups is 1. The van der Waals surface area contributed by atoms with Gasteiger partial charge < -0.3 is 5.11 Å². The van der Waals surface area contributed by atoms with Crippen molar-refractivity contribution in [1.29, 1.82) is 0 Å². The number of benzene rings is 1. The molecule has 0 radical (unpaired) electrons. The summed E-state index contributed by atoms with van der Waals surface area (Å²) >= 11 is 0. The Morgan fingerprint density at radius 2 is 1.88 bits per heavy atom. The molecule has 3 nitrogen and oxygen atoms in total. The van der Waals surface area contributed by atoms with Crippen LogP contribution >= 0.6 is 0 Å². The summed E-state index contributed by atoms with van der Waals surface area (Å²) in [5.74, 6) is 0. The summed E-state index contributed by atoms with van der Waals surface area (Å²) in [6, 6.07) is 9.75. The summed E-state index contributed by atoms with van der Waals surface area (Å²) in [6.45, 7) is 4.83. The van der Waals surface area contributed by atoms with Gasteiger partial charge in [-0.3, -0.25) is 4.68 Å². The van der Waals surface area contributed by atoms with E-state index < -0.39 is 5.60 Å². The van der Waals surface area contributed by atoms with E-state index in [-0.39, 0.29) is 0 Å². The number of hydrogen-bond acceptors (Lipinski definition) is 2. The van der Waals surface area contributed by atoms with Gasteiger partial charge in [-0.05, 0) is 18.9 Å². The maximum atomic E-state index is 10.8. The molecule has 1 N–H and O–H groups in total. The lowest BCUT2D eigenvalue weighted by Gasteiger charge is -2.26. The lowest BCUT2D eigenvalue weighted by atomic mass is 9.86. The van der Waals surface area contributed by atoms with Crippen LogP contribution in [-0.4, -0.2) is 14.9 Å². The van der Waals surface area contributed by atoms with Crippen LogP contribution in [0, 0.1) is 0 Å². The maximum absolute atomic E-state index is 10.8. The van der Waals surface area contributed by atoms with Gasteiger partial charge in [0.1, 0.15) is 5.60 Å². The maximum Gasteiger partial charge on any atom is 0.117 e. The normalized spacial score (nSPS) is 14.5. The van der Waals surface area contributed by atoms with Crippen molar-refractivity contribution < 1.29 is 5.11 Å². The summed E-state index contributed by atoms with van der Waals surface area (Å²) in [5, 5.41) is 15.0. The highest BCUT2D eigenvalue weighted by molar-refractivity contribution is 5.33. The lowest BCUT2D eigenvalue weighted by molar-refractivity contribution is 0.0764. The van der Waals surface area contributed by atoms with Crippen LogP contribution in [0.2, 0.25) is 0 Å². The molecule has 0 amide bonds. The number of nitrogens with zero attached hydrogens (tertiary/aromatic N) is 2. The van der Waals surface area contributed by atoms with Crippen LogP contribution < -0.4 is 0 Å². The smallest absolute Gasteiger partial charge is 0.117 e. The Labute approximate surface area is 102 Å². The molecule has 0 aliphatic carbocycles. The molecular formula is C14H18N2O. The molecule has 3 heteroatoms. The third-order valence-corrected chi connectivity index (χ3v) is 3.20. The highest BCUT2D eigenvalue weighted by Gasteiger charge is 2.30. The van der Waals surface area contributed by atoms with E-state index in [2.05, 4.69) is 5.10 Å². The zero-order valence-electron chi connectivity index (χ0n) is 10.3. The van der Waals surface area contributed by atoms with Crippen molar-refractivity contribution in [3.8, 4) is 0 Å². The van der Waals surface area contributed by atoms with E-state index in [0.29, 0.717) is 6.42 Å². The first-order chi connectivity index (χ1) is 8.20. The number of aromatic nitrogens is 2. The Morgan fingerprint density at radius 1 is 1.18 bits per heavy atom. The molecule has 17 heavy (non-hydrogen) atoms. The standard InChI is InChI=1S/C14H18N2O/c1-3-14(17,12-8-6-5-7-9-12)13-10-15-16(4-2)11-13/h5-11,17H,3-4H2,1-2H3. The molecule has 1 atom stereocenters. The minimum Gasteiger partial charge on any atom is -0.380 e. The van der Waals surface area contributed by atoms with Gasteiger partial charge in [0, 0.05) is 18.3 Å². The third-order valence-electron chi connectivity index (χ3n) is 3.20. The molecule has 2 aromatic rings. The fourth-order valence-electron chi connectivity index (χ4n) is 2.04. The van der Waals surface area contributed by atoms with Crippen LogP contribution in [0.3, 0.4) is 0 Å². The van der Waals surface area contributed by atoms with E-state index >= 15 is 0 Å². The molecule has 1 aromatic heterocycles. The van der Waals surface area contributed by atoms with E-state index in [4.69, 9.17) is 0 Å². The van der Waals surface area contributed by atoms with Gasteiger partial charge in [-0.1, -0.05) is 37.3 Å². The molecule has 0 aliphatic heterocycles. The molecule has 1 unspecified atom stereocenters. The quantitative estimate of drug-likeness (QED) is 0.876. The number of aryl methyl sites for hydroxylation is 1. The minimum atomic E-state index is -0.936. The van der Waals surface area contributed by atoms with Crippen molar-refractivity contribution in [2.75, 3.05) is 0 Å². The monoisotopic (exact) mass is 230 g/mol. The zero-order valence-corrected chi connectivity index (χ0v) is 10.3. The van der Waals surface area contributed by atoms with Crippen molar-refractivity contribution in [2.24, 2.45) is 0 Å². The Kier molecular flexibility index (Phi) is 3.29. The van der Waals surface area contributed by atoms with Gasteiger partial charge in [0.2, 0.25) is 0 Å². The van der Waals surface area contributed by atoms with Crippen molar-refractivity contribution in [3.05, 3.63) is 53.9 Å². The van der Waals surface area contributed by atoms with E-state index in [0.717, 1.165) is 17.7 Å². The molecule has 0 bridgehead atoms. The molecule has 1 heterocycles. The fraction of sp³-hybridized carbons (Fsp3) is 0.357. The molecule has 1 aromatic carbocycles. The van der Waals surface area contributed by atoms with Gasteiger partial charge in [-0.15, -0.1) is 0 Å². The molecule has 90 valence electrons. The van der Waals surface area contributed by atoms with E-state index in [1.54, 1.807) is 6.20 Å². The number of hydrogen-bond donors (Lipinski definition) is 1. The second-order valence-corrected chi connectivity index (χ2v) is 4.16. The Hall–Kier alpha value is -1.61. The second-order valence-electron chi connectivity index (χ2n) is 4.16. The van der Waals surface area contributed by atoms with Gasteiger partial charge in [-0.2, -0.15) is 5.10 Å². The van der Waals surface area contributed by atoms with Gasteiger partial charge in [-0.25, -0.2) is 0 Å². The average molecular weight is 230 g/mol. The van der Waals surface area contributed by atoms with Crippen molar-refractivity contribution in [3.63, 3.8) is 0 Å². The van der Waals surface area contributed by atoms with Gasteiger partial charge >= 0.3 is 0 Å². The predicted molar refractivity (Wildman–Crippen MR) is 67.6 cm³/mol. The summed E-state index contributed by atoms with van der Waals surface area (Å²) in [5.41, 5.74) is 0.834. The summed E-state index contributed by atoms with van der Waals surface area (Å²) in [4.78, 5) is 0. The molecule has 0 spiro atoms. The highest BCUT2D eigenvalue weighted by Crippen LogP contribution is 2.32. The van der Waals surface area contributed by atoms with Crippen molar-refractivity contribution >= 4 is 0 Å². The Morgan fingerprint density at radius 3 is 2.41 bits per heavy atom. The lowest BCUT2D eigenvalue weighted by Crippen LogP contribution is -2.25. The first-order valence-electron chi connectivity index (χ1n) is 6.01. The number of rotatable bonds is 4. The first kappa shape index (κ1) is 11.9. The third kappa shape index (κ3) is 2.11. The highest BCUT2D eigenvalue weighted by atomic mass is 16.3. The first-order valence-corrected chi connectivity index (χ1v) is 6.01. The van der Waals surface area contributed by atoms with E-state index in [9.17, 15) is 5.11 Å². The summed E-state index contributed by atoms with van der Waals surface area (Å²) in [7, 11) is 0.